The van der Waals surface area contributed by atoms with Crippen LogP contribution in [0, 0.1) is 11.3 Å². The van der Waals surface area contributed by atoms with E-state index >= 15 is 0 Å². The van der Waals surface area contributed by atoms with Gasteiger partial charge in [0.05, 0.1) is 0 Å². The van der Waals surface area contributed by atoms with Gasteiger partial charge in [-0.1, -0.05) is 18.2 Å². The Kier molecular flexibility index (Phi) is 5.54. The third-order valence-corrected chi connectivity index (χ3v) is 5.38. The van der Waals surface area contributed by atoms with Crippen LogP contribution in [0.25, 0.3) is 28.2 Å². The lowest BCUT2D eigenvalue weighted by atomic mass is 10.0. The molecule has 0 saturated heterocycles. The molecule has 0 saturated carbocycles. The van der Waals surface area contributed by atoms with Gasteiger partial charge in [-0.25, -0.2) is 13.6 Å². The number of hydrogen-bond donors (Lipinski definition) is 1. The second kappa shape index (κ2) is 7.89. The fraction of sp³-hybridized carbons (Fsp3) is 0.190. The van der Waals surface area contributed by atoms with Gasteiger partial charge in [0.15, 0.2) is 4.91 Å². The Morgan fingerprint density at radius 1 is 1.11 bits per heavy atom. The SMILES string of the molecule is CCN(CC)c1ccc2cc(-c3ccc(C=C(C#N)S(N)(=O)=O)o3)ccc2c1. The second-order valence-corrected chi connectivity index (χ2v) is 7.82. The molecular formula is C21H21N3O3S. The van der Waals surface area contributed by atoms with Crippen molar-refractivity contribution in [3.05, 3.63) is 59.2 Å². The zero-order valence-electron chi connectivity index (χ0n) is 15.7. The largest absolute Gasteiger partial charge is 0.457 e. The molecule has 0 aliphatic carbocycles. The third kappa shape index (κ3) is 4.09. The number of anilines is 1. The average Bonchev–Trinajstić information content (AvgIpc) is 3.14. The number of primary sulfonamides is 1. The number of furan rings is 1. The van der Waals surface area contributed by atoms with Crippen molar-refractivity contribution in [2.75, 3.05) is 18.0 Å². The molecule has 1 aromatic heterocycles. The molecule has 0 spiro atoms. The molecule has 0 fully saturated rings. The van der Waals surface area contributed by atoms with Gasteiger partial charge in [0, 0.05) is 30.4 Å². The number of benzene rings is 2. The summed E-state index contributed by atoms with van der Waals surface area (Å²) in [6, 6.07) is 17.2. The van der Waals surface area contributed by atoms with Gasteiger partial charge in [0.1, 0.15) is 17.6 Å². The molecule has 2 N–H and O–H groups in total. The van der Waals surface area contributed by atoms with E-state index in [0.29, 0.717) is 5.76 Å². The van der Waals surface area contributed by atoms with Crippen LogP contribution in [0.4, 0.5) is 5.69 Å². The van der Waals surface area contributed by atoms with Crippen LogP contribution >= 0.6 is 0 Å². The van der Waals surface area contributed by atoms with Crippen LogP contribution in [0.15, 0.2) is 57.9 Å². The summed E-state index contributed by atoms with van der Waals surface area (Å²) in [5.74, 6) is 0.824. The molecule has 6 nitrogen and oxygen atoms in total. The highest BCUT2D eigenvalue weighted by Gasteiger charge is 2.13. The van der Waals surface area contributed by atoms with Crippen molar-refractivity contribution in [3.63, 3.8) is 0 Å². The summed E-state index contributed by atoms with van der Waals surface area (Å²) in [5, 5.41) is 16.1. The minimum atomic E-state index is -4.08. The predicted octanol–water partition coefficient (Wildman–Crippen LogP) is 4.10. The molecule has 0 unspecified atom stereocenters. The fourth-order valence-electron chi connectivity index (χ4n) is 3.06. The molecule has 0 aliphatic rings. The zero-order valence-corrected chi connectivity index (χ0v) is 16.5. The summed E-state index contributed by atoms with van der Waals surface area (Å²) >= 11 is 0. The first-order valence-corrected chi connectivity index (χ1v) is 10.4. The minimum absolute atomic E-state index is 0.248. The first-order valence-electron chi connectivity index (χ1n) is 8.89. The van der Waals surface area contributed by atoms with Crippen LogP contribution in [-0.2, 0) is 10.0 Å². The quantitative estimate of drug-likeness (QED) is 0.633. The number of fused-ring (bicyclic) bond motifs is 1. The monoisotopic (exact) mass is 395 g/mol. The van der Waals surface area contributed by atoms with Gasteiger partial charge in [0.25, 0.3) is 0 Å². The van der Waals surface area contributed by atoms with Gasteiger partial charge >= 0.3 is 0 Å². The molecule has 3 rings (SSSR count). The lowest BCUT2D eigenvalue weighted by Gasteiger charge is -2.21. The minimum Gasteiger partial charge on any atom is -0.457 e. The Labute approximate surface area is 164 Å². The van der Waals surface area contributed by atoms with Crippen LogP contribution in [0.3, 0.4) is 0 Å². The van der Waals surface area contributed by atoms with Gasteiger partial charge in [-0.15, -0.1) is 0 Å². The van der Waals surface area contributed by atoms with E-state index in [0.717, 1.165) is 35.5 Å². The maximum atomic E-state index is 11.4. The molecule has 28 heavy (non-hydrogen) atoms. The van der Waals surface area contributed by atoms with E-state index < -0.39 is 14.9 Å². The Balaban J connectivity index is 1.95. The van der Waals surface area contributed by atoms with Crippen LogP contribution in [0.1, 0.15) is 19.6 Å². The van der Waals surface area contributed by atoms with E-state index in [-0.39, 0.29) is 5.76 Å². The number of nitrogens with two attached hydrogens (primary N) is 1. The van der Waals surface area contributed by atoms with E-state index in [9.17, 15) is 8.42 Å². The number of nitrogens with zero attached hydrogens (tertiary/aromatic N) is 2. The summed E-state index contributed by atoms with van der Waals surface area (Å²) in [5.41, 5.74) is 2.04. The van der Waals surface area contributed by atoms with Crippen molar-refractivity contribution in [1.82, 2.24) is 0 Å². The normalized spacial score (nSPS) is 12.1. The molecule has 0 bridgehead atoms. The van der Waals surface area contributed by atoms with E-state index in [1.165, 1.54) is 5.69 Å². The van der Waals surface area contributed by atoms with Crippen LogP contribution < -0.4 is 10.0 Å². The Hall–Kier alpha value is -3.08. The number of rotatable bonds is 6. The molecular weight excluding hydrogens is 374 g/mol. The highest BCUT2D eigenvalue weighted by Crippen LogP contribution is 2.29. The third-order valence-electron chi connectivity index (χ3n) is 4.55. The summed E-state index contributed by atoms with van der Waals surface area (Å²) in [6.45, 7) is 6.17. The molecule has 0 radical (unpaired) electrons. The molecule has 144 valence electrons. The molecule has 0 amide bonds. The van der Waals surface area contributed by atoms with E-state index in [2.05, 4.69) is 36.9 Å². The Morgan fingerprint density at radius 3 is 2.43 bits per heavy atom. The zero-order chi connectivity index (χ0) is 20.3. The van der Waals surface area contributed by atoms with Gasteiger partial charge in [-0.3, -0.25) is 0 Å². The standard InChI is InChI=1S/C21H21N3O3S/c1-3-24(4-2)18-8-7-15-11-17(6-5-16(15)12-18)21-10-9-19(27-21)13-20(14-22)28(23,25)26/h5-13H,3-4H2,1-2H3,(H2,23,25,26). The maximum Gasteiger partial charge on any atom is 0.248 e. The summed E-state index contributed by atoms with van der Waals surface area (Å²) in [4.78, 5) is 1.74. The number of nitriles is 1. The van der Waals surface area contributed by atoms with Gasteiger partial charge in [0.2, 0.25) is 10.0 Å². The molecule has 2 aromatic carbocycles. The smallest absolute Gasteiger partial charge is 0.248 e. The van der Waals surface area contributed by atoms with Gasteiger partial charge < -0.3 is 9.32 Å². The van der Waals surface area contributed by atoms with Crippen molar-refractivity contribution < 1.29 is 12.8 Å². The first kappa shape index (κ1) is 19.7. The highest BCUT2D eigenvalue weighted by atomic mass is 32.2. The number of hydrogen-bond acceptors (Lipinski definition) is 5. The number of allylic oxidation sites excluding steroid dienone is 1. The molecule has 1 heterocycles. The lowest BCUT2D eigenvalue weighted by molar-refractivity contribution is 0.571. The molecule has 7 heteroatoms. The van der Waals surface area contributed by atoms with Crippen LogP contribution in [0.2, 0.25) is 0 Å². The van der Waals surface area contributed by atoms with Crippen LogP contribution in [-0.4, -0.2) is 21.5 Å². The van der Waals surface area contributed by atoms with E-state index in [1.807, 2.05) is 18.2 Å². The summed E-state index contributed by atoms with van der Waals surface area (Å²) in [6.07, 6.45) is 1.12. The topological polar surface area (TPSA) is 100 Å². The predicted molar refractivity (Wildman–Crippen MR) is 112 cm³/mol. The number of sulfonamides is 1. The van der Waals surface area contributed by atoms with Crippen molar-refractivity contribution in [1.29, 1.82) is 5.26 Å². The van der Waals surface area contributed by atoms with E-state index in [1.54, 1.807) is 18.2 Å². The van der Waals surface area contributed by atoms with Crippen molar-refractivity contribution in [2.45, 2.75) is 13.8 Å². The molecule has 0 aliphatic heterocycles. The van der Waals surface area contributed by atoms with Gasteiger partial charge in [-0.2, -0.15) is 5.26 Å². The Bertz CT molecular complexity index is 1180. The molecule has 3 aromatic rings. The van der Waals surface area contributed by atoms with Gasteiger partial charge in [-0.05, 0) is 55.0 Å². The van der Waals surface area contributed by atoms with Crippen molar-refractivity contribution >= 4 is 32.6 Å². The Morgan fingerprint density at radius 2 is 1.79 bits per heavy atom. The molecule has 0 atom stereocenters. The lowest BCUT2D eigenvalue weighted by Crippen LogP contribution is -2.21. The summed E-state index contributed by atoms with van der Waals surface area (Å²) in [7, 11) is -4.08. The van der Waals surface area contributed by atoms with Crippen molar-refractivity contribution in [2.24, 2.45) is 5.14 Å². The summed E-state index contributed by atoms with van der Waals surface area (Å²) < 4.78 is 28.4. The fourth-order valence-corrected chi connectivity index (χ4v) is 3.47. The highest BCUT2D eigenvalue weighted by molar-refractivity contribution is 7.93. The van der Waals surface area contributed by atoms with E-state index in [4.69, 9.17) is 14.8 Å². The van der Waals surface area contributed by atoms with Crippen LogP contribution in [0.5, 0.6) is 0 Å². The van der Waals surface area contributed by atoms with Crippen molar-refractivity contribution in [3.8, 4) is 17.4 Å². The maximum absolute atomic E-state index is 11.4. The second-order valence-electron chi connectivity index (χ2n) is 6.29. The average molecular weight is 395 g/mol. The first-order chi connectivity index (χ1) is 13.4.